The minimum atomic E-state index is -0.830. The topological polar surface area (TPSA) is 86.8 Å². The molecule has 0 aliphatic carbocycles. The standard InChI is InChI=1S/C25H31F2IN6O2/c1-2-3-11-34-23-21(27)17(16-29)14-19(26)22(23)31-24(34)30-20(15-28)36-25(35)33-12-7-18(8-13-33)32-9-5-4-6-10-32/h14,18H,2-13,15H2,1H3/b30-20-. The molecule has 1 amide bonds. The lowest BCUT2D eigenvalue weighted by molar-refractivity contribution is 0.0864. The van der Waals surface area contributed by atoms with Crippen molar-refractivity contribution >= 4 is 51.6 Å². The van der Waals surface area contributed by atoms with E-state index in [1.165, 1.54) is 23.8 Å². The summed E-state index contributed by atoms with van der Waals surface area (Å²) in [6.07, 6.45) is 6.63. The van der Waals surface area contributed by atoms with E-state index < -0.39 is 17.7 Å². The van der Waals surface area contributed by atoms with Crippen molar-refractivity contribution in [1.29, 1.82) is 5.26 Å². The van der Waals surface area contributed by atoms with Gasteiger partial charge in [0.25, 0.3) is 0 Å². The third-order valence-corrected chi connectivity index (χ3v) is 7.57. The second-order valence-electron chi connectivity index (χ2n) is 9.27. The molecule has 0 radical (unpaired) electrons. The number of halogens is 3. The van der Waals surface area contributed by atoms with Gasteiger partial charge < -0.3 is 19.1 Å². The molecule has 2 aliphatic heterocycles. The first-order chi connectivity index (χ1) is 17.5. The van der Waals surface area contributed by atoms with Crippen molar-refractivity contribution in [3.63, 3.8) is 0 Å². The number of aromatic nitrogens is 2. The van der Waals surface area contributed by atoms with Crippen LogP contribution < -0.4 is 0 Å². The predicted molar refractivity (Wildman–Crippen MR) is 142 cm³/mol. The van der Waals surface area contributed by atoms with Crippen LogP contribution in [0.15, 0.2) is 11.1 Å². The van der Waals surface area contributed by atoms with Gasteiger partial charge in [-0.3, -0.25) is 0 Å². The van der Waals surface area contributed by atoms with Crippen LogP contribution in [-0.4, -0.2) is 68.0 Å². The molecule has 0 N–H and O–H groups in total. The second kappa shape index (κ2) is 12.3. The third-order valence-electron chi connectivity index (χ3n) is 6.92. The Hall–Kier alpha value is -2.33. The lowest BCUT2D eigenvalue weighted by Crippen LogP contribution is -2.48. The van der Waals surface area contributed by atoms with Crippen LogP contribution in [0.4, 0.5) is 19.5 Å². The van der Waals surface area contributed by atoms with Gasteiger partial charge in [-0.05, 0) is 51.3 Å². The molecule has 3 heterocycles. The number of aryl methyl sites for hydroxylation is 1. The minimum absolute atomic E-state index is 0.0506. The zero-order valence-electron chi connectivity index (χ0n) is 20.5. The summed E-state index contributed by atoms with van der Waals surface area (Å²) in [4.78, 5) is 25.7. The van der Waals surface area contributed by atoms with E-state index in [-0.39, 0.29) is 32.9 Å². The third kappa shape index (κ3) is 5.80. The molecular formula is C25H31F2IN6O2. The molecule has 0 atom stereocenters. The molecule has 1 aromatic carbocycles. The van der Waals surface area contributed by atoms with Crippen molar-refractivity contribution in [2.45, 2.75) is 64.5 Å². The van der Waals surface area contributed by atoms with E-state index in [1.807, 2.05) is 29.5 Å². The zero-order valence-corrected chi connectivity index (χ0v) is 22.6. The number of carbonyl (C=O) groups excluding carboxylic acids is 1. The monoisotopic (exact) mass is 612 g/mol. The smallest absolute Gasteiger partial charge is 0.394 e. The lowest BCUT2D eigenvalue weighted by Gasteiger charge is -2.39. The molecule has 1 aromatic heterocycles. The average molecular weight is 612 g/mol. The van der Waals surface area contributed by atoms with Crippen LogP contribution >= 0.6 is 22.6 Å². The molecule has 2 fully saturated rings. The fourth-order valence-corrected chi connectivity index (χ4v) is 5.29. The molecule has 2 aliphatic rings. The number of hydrogen-bond donors (Lipinski definition) is 0. The number of alkyl halides is 1. The quantitative estimate of drug-likeness (QED) is 0.185. The molecule has 0 saturated carbocycles. The Bertz CT molecular complexity index is 1160. The molecule has 0 spiro atoms. The Morgan fingerprint density at radius 3 is 2.61 bits per heavy atom. The Kier molecular flexibility index (Phi) is 9.11. The summed E-state index contributed by atoms with van der Waals surface area (Å²) in [6, 6.07) is 3.04. The summed E-state index contributed by atoms with van der Waals surface area (Å²) in [6.45, 7) is 5.83. The SMILES string of the molecule is CCCCn1c(/N=C(/CI)OC(=O)N2CCC(N3CCCCC3)CC2)nc2c(F)cc(C#N)c(F)c21. The second-order valence-corrected chi connectivity index (χ2v) is 10.0. The number of fused-ring (bicyclic) bond motifs is 1. The number of amides is 1. The first-order valence-electron chi connectivity index (χ1n) is 12.6. The fourth-order valence-electron chi connectivity index (χ4n) is 4.96. The summed E-state index contributed by atoms with van der Waals surface area (Å²) < 4.78 is 37.0. The summed E-state index contributed by atoms with van der Waals surface area (Å²) in [7, 11) is 0. The molecule has 0 unspecified atom stereocenters. The molecule has 11 heteroatoms. The number of rotatable bonds is 6. The molecule has 36 heavy (non-hydrogen) atoms. The number of aliphatic imine (C=N–C) groups is 1. The van der Waals surface area contributed by atoms with Gasteiger partial charge in [0.15, 0.2) is 11.6 Å². The van der Waals surface area contributed by atoms with Crippen molar-refractivity contribution in [2.24, 2.45) is 4.99 Å². The average Bonchev–Trinajstić information content (AvgIpc) is 3.28. The number of unbranched alkanes of at least 4 members (excludes halogenated alkanes) is 1. The summed E-state index contributed by atoms with van der Waals surface area (Å²) in [5.74, 6) is -1.45. The fraction of sp³-hybridized carbons (Fsp3) is 0.600. The van der Waals surface area contributed by atoms with Gasteiger partial charge in [0.2, 0.25) is 11.8 Å². The van der Waals surface area contributed by atoms with Crippen LogP contribution in [0, 0.1) is 23.0 Å². The van der Waals surface area contributed by atoms with Crippen LogP contribution in [0.1, 0.15) is 57.4 Å². The predicted octanol–water partition coefficient (Wildman–Crippen LogP) is 5.54. The minimum Gasteiger partial charge on any atom is -0.394 e. The maximum atomic E-state index is 15.0. The molecule has 4 rings (SSSR count). The van der Waals surface area contributed by atoms with Crippen molar-refractivity contribution in [3.8, 4) is 6.07 Å². The highest BCUT2D eigenvalue weighted by Gasteiger charge is 2.29. The highest BCUT2D eigenvalue weighted by molar-refractivity contribution is 14.1. The van der Waals surface area contributed by atoms with Crippen LogP contribution in [0.5, 0.6) is 0 Å². The molecule has 2 aromatic rings. The maximum Gasteiger partial charge on any atom is 0.416 e. The maximum absolute atomic E-state index is 15.0. The van der Waals surface area contributed by atoms with Gasteiger partial charge >= 0.3 is 6.09 Å². The van der Waals surface area contributed by atoms with Gasteiger partial charge in [-0.25, -0.2) is 18.6 Å². The van der Waals surface area contributed by atoms with Gasteiger partial charge in [-0.2, -0.15) is 10.3 Å². The number of benzene rings is 1. The van der Waals surface area contributed by atoms with Crippen molar-refractivity contribution in [1.82, 2.24) is 19.4 Å². The van der Waals surface area contributed by atoms with Gasteiger partial charge in [0, 0.05) is 25.7 Å². The number of imidazole rings is 1. The molecule has 0 bridgehead atoms. The Labute approximate surface area is 223 Å². The Morgan fingerprint density at radius 1 is 1.25 bits per heavy atom. The molecule has 194 valence electrons. The summed E-state index contributed by atoms with van der Waals surface area (Å²) >= 11 is 2.04. The van der Waals surface area contributed by atoms with E-state index in [2.05, 4.69) is 14.9 Å². The number of piperidine rings is 2. The van der Waals surface area contributed by atoms with Crippen LogP contribution in [0.3, 0.4) is 0 Å². The Balaban J connectivity index is 1.52. The number of likely N-dealkylation sites (tertiary alicyclic amines) is 2. The lowest BCUT2D eigenvalue weighted by atomic mass is 10.0. The van der Waals surface area contributed by atoms with E-state index in [9.17, 15) is 18.8 Å². The summed E-state index contributed by atoms with van der Waals surface area (Å²) in [5.41, 5.74) is -0.681. The normalized spacial score (nSPS) is 18.0. The highest BCUT2D eigenvalue weighted by atomic mass is 127. The van der Waals surface area contributed by atoms with Crippen LogP contribution in [0.25, 0.3) is 11.0 Å². The Morgan fingerprint density at radius 2 is 1.97 bits per heavy atom. The summed E-state index contributed by atoms with van der Waals surface area (Å²) in [5, 5.41) is 9.19. The van der Waals surface area contributed by atoms with Gasteiger partial charge in [0.05, 0.1) is 9.99 Å². The van der Waals surface area contributed by atoms with E-state index in [4.69, 9.17) is 4.74 Å². The number of ether oxygens (including phenoxy) is 1. The molecule has 8 nitrogen and oxygen atoms in total. The number of hydrogen-bond acceptors (Lipinski definition) is 6. The van der Waals surface area contributed by atoms with Crippen LogP contribution in [-0.2, 0) is 11.3 Å². The van der Waals surface area contributed by atoms with Crippen molar-refractivity contribution in [3.05, 3.63) is 23.3 Å². The van der Waals surface area contributed by atoms with Crippen LogP contribution in [0.2, 0.25) is 0 Å². The zero-order chi connectivity index (χ0) is 25.7. The molecule has 2 saturated heterocycles. The number of nitriles is 1. The van der Waals surface area contributed by atoms with E-state index >= 15 is 0 Å². The number of nitrogens with zero attached hydrogens (tertiary/aromatic N) is 6. The van der Waals surface area contributed by atoms with E-state index in [0.29, 0.717) is 32.1 Å². The van der Waals surface area contributed by atoms with Crippen molar-refractivity contribution < 1.29 is 18.3 Å². The first kappa shape index (κ1) is 26.7. The van der Waals surface area contributed by atoms with Crippen molar-refractivity contribution in [2.75, 3.05) is 30.6 Å². The number of carbonyl (C=O) groups is 1. The van der Waals surface area contributed by atoms with E-state index in [1.54, 1.807) is 11.0 Å². The van der Waals surface area contributed by atoms with Gasteiger partial charge in [-0.1, -0.05) is 42.4 Å². The largest absolute Gasteiger partial charge is 0.416 e. The molecular weight excluding hydrogens is 581 g/mol. The van der Waals surface area contributed by atoms with Gasteiger partial charge in [0.1, 0.15) is 17.1 Å². The first-order valence-corrected chi connectivity index (χ1v) is 14.1. The highest BCUT2D eigenvalue weighted by Crippen LogP contribution is 2.29. The van der Waals surface area contributed by atoms with E-state index in [0.717, 1.165) is 38.4 Å². The van der Waals surface area contributed by atoms with Gasteiger partial charge in [-0.15, -0.1) is 0 Å².